The van der Waals surface area contributed by atoms with Crippen LogP contribution in [0.3, 0.4) is 0 Å². The maximum absolute atomic E-state index is 13.4. The number of oxime groups is 1. The predicted molar refractivity (Wildman–Crippen MR) is 164 cm³/mol. The van der Waals surface area contributed by atoms with E-state index in [0.29, 0.717) is 29.7 Å². The van der Waals surface area contributed by atoms with Crippen molar-refractivity contribution in [3.8, 4) is 5.75 Å². The molecule has 4 rings (SSSR count). The van der Waals surface area contributed by atoms with Crippen molar-refractivity contribution >= 4 is 51.8 Å². The highest BCUT2D eigenvalue weighted by molar-refractivity contribution is 6.46. The van der Waals surface area contributed by atoms with E-state index in [0.717, 1.165) is 41.1 Å². The summed E-state index contributed by atoms with van der Waals surface area (Å²) in [4.78, 5) is 50.7. The van der Waals surface area contributed by atoms with Crippen LogP contribution in [-0.2, 0) is 21.0 Å². The largest absolute Gasteiger partial charge is 0.508 e. The van der Waals surface area contributed by atoms with Crippen molar-refractivity contribution in [2.24, 2.45) is 5.16 Å². The van der Waals surface area contributed by atoms with E-state index in [-0.39, 0.29) is 29.6 Å². The van der Waals surface area contributed by atoms with Crippen LogP contribution in [0.15, 0.2) is 65.8 Å². The van der Waals surface area contributed by atoms with Gasteiger partial charge in [-0.3, -0.25) is 9.59 Å². The average molecular weight is 575 g/mol. The highest BCUT2D eigenvalue weighted by Gasteiger charge is 2.19. The lowest BCUT2D eigenvalue weighted by Crippen LogP contribution is -2.16. The number of hydrogen-bond donors (Lipinski definition) is 2. The van der Waals surface area contributed by atoms with Crippen LogP contribution in [-0.4, -0.2) is 51.4 Å². The molecule has 0 saturated carbocycles. The summed E-state index contributed by atoms with van der Waals surface area (Å²) in [6.45, 7) is 10.0. The molecule has 42 heavy (non-hydrogen) atoms. The van der Waals surface area contributed by atoms with Crippen LogP contribution in [0.2, 0.25) is 0 Å². The number of nitrogens with zero attached hydrogens (tertiary/aromatic N) is 2. The number of ketones is 2. The van der Waals surface area contributed by atoms with Gasteiger partial charge in [0.1, 0.15) is 18.3 Å². The molecule has 1 aromatic heterocycles. The van der Waals surface area contributed by atoms with Crippen LogP contribution in [0.25, 0.3) is 21.8 Å². The summed E-state index contributed by atoms with van der Waals surface area (Å²) >= 11 is 0. The number of aliphatic hydroxyl groups excluding tert-OH is 1. The molecule has 1 heterocycles. The van der Waals surface area contributed by atoms with Crippen molar-refractivity contribution < 1.29 is 34.2 Å². The van der Waals surface area contributed by atoms with Crippen molar-refractivity contribution in [3.05, 3.63) is 77.4 Å². The van der Waals surface area contributed by atoms with Gasteiger partial charge >= 0.3 is 5.97 Å². The smallest absolute Gasteiger partial charge is 0.331 e. The van der Waals surface area contributed by atoms with E-state index < -0.39 is 5.97 Å². The average Bonchev–Trinajstić information content (AvgIpc) is 3.32. The third kappa shape index (κ3) is 8.20. The molecule has 0 unspecified atom stereocenters. The lowest BCUT2D eigenvalue weighted by molar-refractivity contribution is -0.140. The fraction of sp³-hybridized carbons (Fsp3) is 0.303. The molecular weight excluding hydrogens is 536 g/mol. The van der Waals surface area contributed by atoms with Crippen LogP contribution in [0, 0.1) is 0 Å². The predicted octanol–water partition coefficient (Wildman–Crippen LogP) is 6.25. The molecule has 0 spiro atoms. The first-order valence-corrected chi connectivity index (χ1v) is 13.8. The number of aromatic hydroxyl groups is 1. The minimum atomic E-state index is -0.576. The Morgan fingerprint density at radius 3 is 1.88 bits per heavy atom. The van der Waals surface area contributed by atoms with Gasteiger partial charge in [0.05, 0.1) is 0 Å². The van der Waals surface area contributed by atoms with Crippen molar-refractivity contribution in [1.82, 2.24) is 4.57 Å². The molecule has 0 fully saturated rings. The van der Waals surface area contributed by atoms with E-state index in [1.165, 1.54) is 19.1 Å². The summed E-state index contributed by atoms with van der Waals surface area (Å²) in [6, 6.07) is 17.2. The monoisotopic (exact) mass is 574 g/mol. The quantitative estimate of drug-likeness (QED) is 0.0752. The molecule has 222 valence electrons. The Kier molecular flexibility index (Phi) is 13.3. The normalized spacial score (nSPS) is 10.8. The molecule has 0 saturated heterocycles. The standard InChI is InChI=1S/C30H30N2O5.C2H6O.CH2O/c1-4-6-7-8-26(31-37-19(3)33)30(36)22-12-16-28-25(18-22)24-17-21(11-15-27(24)32(28)5-2)29(35)20-9-13-23(34)14-10-20;1-2-3;1-2/h9-18,34H,4-8H2,1-3H3;3H,2H2,1H3;1H2/b31-26+;;. The van der Waals surface area contributed by atoms with E-state index in [2.05, 4.69) is 16.6 Å². The topological polar surface area (TPSA) is 135 Å². The summed E-state index contributed by atoms with van der Waals surface area (Å²) in [6.07, 6.45) is 3.11. The number of carbonyl (C=O) groups excluding carboxylic acids is 4. The molecule has 0 radical (unpaired) electrons. The SMILES string of the molecule is C=O.CCCCC/C(=N\OC(C)=O)C(=O)c1ccc2c(c1)c1cc(C(=O)c3ccc(O)cc3)ccc1n2CC.CCO. The van der Waals surface area contributed by atoms with Gasteiger partial charge in [0.25, 0.3) is 0 Å². The van der Waals surface area contributed by atoms with Crippen molar-refractivity contribution in [2.45, 2.75) is 59.9 Å². The Morgan fingerprint density at radius 2 is 1.36 bits per heavy atom. The third-order valence-electron chi connectivity index (χ3n) is 6.40. The summed E-state index contributed by atoms with van der Waals surface area (Å²) in [5.74, 6) is -0.916. The van der Waals surface area contributed by atoms with Gasteiger partial charge in [0, 0.05) is 58.6 Å². The van der Waals surface area contributed by atoms with Gasteiger partial charge in [-0.15, -0.1) is 0 Å². The minimum absolute atomic E-state index is 0.0986. The first kappa shape index (κ1) is 33.6. The Morgan fingerprint density at radius 1 is 0.833 bits per heavy atom. The summed E-state index contributed by atoms with van der Waals surface area (Å²) in [7, 11) is 0. The summed E-state index contributed by atoms with van der Waals surface area (Å²) in [5.41, 5.74) is 3.56. The van der Waals surface area contributed by atoms with Gasteiger partial charge in [0.15, 0.2) is 5.78 Å². The molecule has 0 aliphatic carbocycles. The zero-order chi connectivity index (χ0) is 31.2. The number of benzene rings is 3. The molecule has 0 aliphatic rings. The number of rotatable bonds is 10. The zero-order valence-corrected chi connectivity index (χ0v) is 24.6. The minimum Gasteiger partial charge on any atom is -0.508 e. The van der Waals surface area contributed by atoms with E-state index in [1.807, 2.05) is 38.0 Å². The Bertz CT molecular complexity index is 1550. The first-order chi connectivity index (χ1) is 20.2. The molecular formula is C33H38N2O7. The second kappa shape index (κ2) is 16.6. The van der Waals surface area contributed by atoms with Gasteiger partial charge in [-0.05, 0) is 87.4 Å². The van der Waals surface area contributed by atoms with Crippen molar-refractivity contribution in [1.29, 1.82) is 0 Å². The van der Waals surface area contributed by atoms with Gasteiger partial charge < -0.3 is 24.4 Å². The van der Waals surface area contributed by atoms with Crippen molar-refractivity contribution in [2.75, 3.05) is 6.61 Å². The molecule has 9 heteroatoms. The Labute approximate surface area is 245 Å². The van der Waals surface area contributed by atoms with E-state index in [1.54, 1.807) is 31.2 Å². The number of aryl methyl sites for hydroxylation is 1. The number of carbonyl (C=O) groups is 4. The number of aliphatic hydroxyl groups is 1. The number of unbranched alkanes of at least 4 members (excludes halogenated alkanes) is 2. The molecule has 0 atom stereocenters. The molecule has 3 aromatic carbocycles. The van der Waals surface area contributed by atoms with E-state index in [4.69, 9.17) is 14.7 Å². The zero-order valence-electron chi connectivity index (χ0n) is 24.6. The van der Waals surface area contributed by atoms with Crippen LogP contribution in [0.5, 0.6) is 5.75 Å². The number of aromatic nitrogens is 1. The molecule has 9 nitrogen and oxygen atoms in total. The van der Waals surface area contributed by atoms with Gasteiger partial charge in [-0.2, -0.15) is 0 Å². The van der Waals surface area contributed by atoms with Crippen LogP contribution >= 0.6 is 0 Å². The van der Waals surface area contributed by atoms with E-state index in [9.17, 15) is 19.5 Å². The van der Waals surface area contributed by atoms with Gasteiger partial charge in [-0.1, -0.05) is 24.9 Å². The second-order valence-corrected chi connectivity index (χ2v) is 9.31. The van der Waals surface area contributed by atoms with Crippen LogP contribution < -0.4 is 0 Å². The maximum Gasteiger partial charge on any atom is 0.331 e. The van der Waals surface area contributed by atoms with Gasteiger partial charge in [-0.25, -0.2) is 4.79 Å². The maximum atomic E-state index is 13.4. The molecule has 0 bridgehead atoms. The highest BCUT2D eigenvalue weighted by atomic mass is 16.7. The molecule has 2 N–H and O–H groups in total. The molecule has 0 amide bonds. The molecule has 4 aromatic rings. The highest BCUT2D eigenvalue weighted by Crippen LogP contribution is 2.32. The fourth-order valence-corrected chi connectivity index (χ4v) is 4.54. The number of phenols is 1. The number of phenolic OH excluding ortho intramolecular Hbond substituents is 1. The third-order valence-corrected chi connectivity index (χ3v) is 6.40. The van der Waals surface area contributed by atoms with Crippen LogP contribution in [0.4, 0.5) is 0 Å². The number of Topliss-reactive ketones (excluding diaryl/α,β-unsaturated/α-hetero) is 1. The Balaban J connectivity index is 0.00000116. The lowest BCUT2D eigenvalue weighted by Gasteiger charge is -2.06. The summed E-state index contributed by atoms with van der Waals surface area (Å²) in [5, 5.41) is 22.7. The van der Waals surface area contributed by atoms with Crippen LogP contribution in [0.1, 0.15) is 79.7 Å². The molecule has 0 aliphatic heterocycles. The Hall–Kier alpha value is -4.63. The van der Waals surface area contributed by atoms with Crippen molar-refractivity contribution in [3.63, 3.8) is 0 Å². The van der Waals surface area contributed by atoms with E-state index >= 15 is 0 Å². The first-order valence-electron chi connectivity index (χ1n) is 13.8. The lowest BCUT2D eigenvalue weighted by atomic mass is 9.98. The van der Waals surface area contributed by atoms with Gasteiger partial charge in [0.2, 0.25) is 5.78 Å². The fourth-order valence-electron chi connectivity index (χ4n) is 4.54. The summed E-state index contributed by atoms with van der Waals surface area (Å²) < 4.78 is 2.14. The number of fused-ring (bicyclic) bond motifs is 3. The second-order valence-electron chi connectivity index (χ2n) is 9.31. The number of hydrogen-bond acceptors (Lipinski definition) is 8.